The van der Waals surface area contributed by atoms with Crippen LogP contribution in [0, 0.1) is 0 Å². The van der Waals surface area contributed by atoms with Crippen LogP contribution in [0.25, 0.3) is 0 Å². The maximum absolute atomic E-state index is 12.1. The zero-order chi connectivity index (χ0) is 15.4. The Morgan fingerprint density at radius 1 is 1.43 bits per heavy atom. The molecule has 1 aromatic carbocycles. The van der Waals surface area contributed by atoms with E-state index >= 15 is 0 Å². The highest BCUT2D eigenvalue weighted by molar-refractivity contribution is 5.89. The highest BCUT2D eigenvalue weighted by atomic mass is 19.3. The number of anilines is 1. The standard InChI is InChI=1S/C14H17F2NO4/c1-20-13(19)9-2-4-10(5-3-9)17-7-12(18)6-11(17)8-21-14(15)16/h2-5,11-12,14,18H,6-8H2,1H3/t11-,12+/m0/s1. The van der Waals surface area contributed by atoms with Crippen LogP contribution in [-0.2, 0) is 9.47 Å². The zero-order valence-electron chi connectivity index (χ0n) is 11.5. The summed E-state index contributed by atoms with van der Waals surface area (Å²) < 4.78 is 33.2. The van der Waals surface area contributed by atoms with Crippen LogP contribution in [0.1, 0.15) is 16.8 Å². The van der Waals surface area contributed by atoms with Gasteiger partial charge in [-0.25, -0.2) is 4.79 Å². The summed E-state index contributed by atoms with van der Waals surface area (Å²) in [4.78, 5) is 13.2. The first-order valence-electron chi connectivity index (χ1n) is 6.54. The third-order valence-electron chi connectivity index (χ3n) is 3.43. The van der Waals surface area contributed by atoms with Crippen molar-refractivity contribution >= 4 is 11.7 Å². The number of hydrogen-bond acceptors (Lipinski definition) is 5. The molecule has 7 heteroatoms. The van der Waals surface area contributed by atoms with Gasteiger partial charge in [-0.05, 0) is 30.7 Å². The van der Waals surface area contributed by atoms with Crippen LogP contribution < -0.4 is 4.90 Å². The molecule has 1 heterocycles. The van der Waals surface area contributed by atoms with Gasteiger partial charge in [0.2, 0.25) is 0 Å². The highest BCUT2D eigenvalue weighted by Crippen LogP contribution is 2.26. The van der Waals surface area contributed by atoms with Crippen molar-refractivity contribution < 1.29 is 28.2 Å². The van der Waals surface area contributed by atoms with Crippen LogP contribution in [-0.4, -0.2) is 50.1 Å². The number of ether oxygens (including phenoxy) is 2. The van der Waals surface area contributed by atoms with Crippen LogP contribution in [0.15, 0.2) is 24.3 Å². The number of carbonyl (C=O) groups is 1. The van der Waals surface area contributed by atoms with E-state index in [2.05, 4.69) is 9.47 Å². The smallest absolute Gasteiger partial charge is 0.345 e. The molecular weight excluding hydrogens is 284 g/mol. The number of methoxy groups -OCH3 is 1. The minimum absolute atomic E-state index is 0.159. The van der Waals surface area contributed by atoms with E-state index in [4.69, 9.17) is 0 Å². The summed E-state index contributed by atoms with van der Waals surface area (Å²) in [6.07, 6.45) is -0.220. The number of rotatable bonds is 5. The second-order valence-electron chi connectivity index (χ2n) is 4.83. The van der Waals surface area contributed by atoms with E-state index in [1.807, 2.05) is 0 Å². The Hall–Kier alpha value is -1.73. The molecule has 21 heavy (non-hydrogen) atoms. The van der Waals surface area contributed by atoms with Crippen LogP contribution in [0.5, 0.6) is 0 Å². The van der Waals surface area contributed by atoms with Crippen LogP contribution in [0.2, 0.25) is 0 Å². The molecule has 1 saturated heterocycles. The fraction of sp³-hybridized carbons (Fsp3) is 0.500. The van der Waals surface area contributed by atoms with Crippen LogP contribution in [0.3, 0.4) is 0 Å². The Bertz CT molecular complexity index is 480. The van der Waals surface area contributed by atoms with E-state index in [0.29, 0.717) is 18.5 Å². The van der Waals surface area contributed by atoms with Crippen molar-refractivity contribution in [1.82, 2.24) is 0 Å². The van der Waals surface area contributed by atoms with Gasteiger partial charge in [0.25, 0.3) is 0 Å². The van der Waals surface area contributed by atoms with Gasteiger partial charge in [0.1, 0.15) is 0 Å². The summed E-state index contributed by atoms with van der Waals surface area (Å²) in [6.45, 7) is -2.64. The van der Waals surface area contributed by atoms with Crippen molar-refractivity contribution in [2.45, 2.75) is 25.2 Å². The van der Waals surface area contributed by atoms with E-state index in [-0.39, 0.29) is 12.6 Å². The normalized spacial score (nSPS) is 21.9. The maximum atomic E-state index is 12.1. The largest absolute Gasteiger partial charge is 0.465 e. The van der Waals surface area contributed by atoms with Crippen molar-refractivity contribution in [3.05, 3.63) is 29.8 Å². The third kappa shape index (κ3) is 3.89. The Labute approximate surface area is 121 Å². The lowest BCUT2D eigenvalue weighted by Crippen LogP contribution is -2.33. The second kappa shape index (κ2) is 6.82. The molecule has 1 aliphatic rings. The zero-order valence-corrected chi connectivity index (χ0v) is 11.5. The molecule has 0 saturated carbocycles. The van der Waals surface area contributed by atoms with Gasteiger partial charge in [-0.1, -0.05) is 0 Å². The lowest BCUT2D eigenvalue weighted by atomic mass is 10.1. The third-order valence-corrected chi connectivity index (χ3v) is 3.43. The van der Waals surface area contributed by atoms with Gasteiger partial charge in [-0.15, -0.1) is 0 Å². The quantitative estimate of drug-likeness (QED) is 0.838. The first-order valence-corrected chi connectivity index (χ1v) is 6.54. The van der Waals surface area contributed by atoms with Crippen LogP contribution in [0.4, 0.5) is 14.5 Å². The van der Waals surface area contributed by atoms with Crippen molar-refractivity contribution in [3.8, 4) is 0 Å². The number of aliphatic hydroxyl groups is 1. The number of carbonyl (C=O) groups excluding carboxylic acids is 1. The SMILES string of the molecule is COC(=O)c1ccc(N2C[C@H](O)C[C@H]2COC(F)F)cc1. The summed E-state index contributed by atoms with van der Waals surface area (Å²) in [6, 6.07) is 6.26. The monoisotopic (exact) mass is 301 g/mol. The Morgan fingerprint density at radius 2 is 2.10 bits per heavy atom. The molecule has 1 aromatic rings. The Balaban J connectivity index is 2.09. The van der Waals surface area contributed by atoms with E-state index in [1.54, 1.807) is 29.2 Å². The molecule has 1 aliphatic heterocycles. The van der Waals surface area contributed by atoms with Crippen LogP contribution >= 0.6 is 0 Å². The first-order chi connectivity index (χ1) is 10.0. The number of aliphatic hydroxyl groups excluding tert-OH is 1. The number of β-amino-alcohol motifs (C(OH)–C–C–N with tert-alkyl or cyclic N) is 1. The summed E-state index contributed by atoms with van der Waals surface area (Å²) in [5.41, 5.74) is 1.14. The maximum Gasteiger partial charge on any atom is 0.345 e. The lowest BCUT2D eigenvalue weighted by molar-refractivity contribution is -0.132. The molecule has 2 atom stereocenters. The molecule has 1 fully saturated rings. The molecule has 1 N–H and O–H groups in total. The molecule has 116 valence electrons. The molecule has 0 radical (unpaired) electrons. The van der Waals surface area contributed by atoms with Gasteiger partial charge in [-0.2, -0.15) is 8.78 Å². The summed E-state index contributed by atoms with van der Waals surface area (Å²) in [7, 11) is 1.30. The molecule has 5 nitrogen and oxygen atoms in total. The highest BCUT2D eigenvalue weighted by Gasteiger charge is 2.32. The number of benzene rings is 1. The Kier molecular flexibility index (Phi) is 5.08. The molecular formula is C14H17F2NO4. The van der Waals surface area contributed by atoms with Gasteiger partial charge in [0.15, 0.2) is 0 Å². The molecule has 0 bridgehead atoms. The van der Waals surface area contributed by atoms with Crippen molar-refractivity contribution in [2.24, 2.45) is 0 Å². The summed E-state index contributed by atoms with van der Waals surface area (Å²) in [5.74, 6) is -0.444. The topological polar surface area (TPSA) is 59.0 Å². The van der Waals surface area contributed by atoms with Gasteiger partial charge in [0, 0.05) is 12.2 Å². The van der Waals surface area contributed by atoms with Gasteiger partial charge < -0.3 is 19.5 Å². The number of alkyl halides is 2. The van der Waals surface area contributed by atoms with Gasteiger partial charge >= 0.3 is 12.6 Å². The molecule has 0 spiro atoms. The lowest BCUT2D eigenvalue weighted by Gasteiger charge is -2.26. The number of esters is 1. The fourth-order valence-corrected chi connectivity index (χ4v) is 2.46. The predicted octanol–water partition coefficient (Wildman–Crippen LogP) is 1.65. The number of nitrogens with zero attached hydrogens (tertiary/aromatic N) is 1. The number of hydrogen-bond donors (Lipinski definition) is 1. The van der Waals surface area contributed by atoms with Gasteiger partial charge in [0.05, 0.1) is 31.4 Å². The van der Waals surface area contributed by atoms with E-state index in [1.165, 1.54) is 7.11 Å². The van der Waals surface area contributed by atoms with Crippen molar-refractivity contribution in [2.75, 3.05) is 25.2 Å². The molecule has 0 aromatic heterocycles. The van der Waals surface area contributed by atoms with Crippen molar-refractivity contribution in [1.29, 1.82) is 0 Å². The fourth-order valence-electron chi connectivity index (χ4n) is 2.46. The molecule has 0 amide bonds. The average molecular weight is 301 g/mol. The van der Waals surface area contributed by atoms with Crippen molar-refractivity contribution in [3.63, 3.8) is 0 Å². The summed E-state index contributed by atoms with van der Waals surface area (Å²) >= 11 is 0. The Morgan fingerprint density at radius 3 is 2.67 bits per heavy atom. The average Bonchev–Trinajstić information content (AvgIpc) is 2.85. The molecule has 2 rings (SSSR count). The van der Waals surface area contributed by atoms with E-state index in [0.717, 1.165) is 5.69 Å². The van der Waals surface area contributed by atoms with Gasteiger partial charge in [-0.3, -0.25) is 0 Å². The minimum Gasteiger partial charge on any atom is -0.465 e. The van der Waals surface area contributed by atoms with E-state index < -0.39 is 18.7 Å². The predicted molar refractivity (Wildman–Crippen MR) is 71.5 cm³/mol. The molecule has 0 unspecified atom stereocenters. The molecule has 0 aliphatic carbocycles. The minimum atomic E-state index is -2.83. The number of halogens is 2. The second-order valence-corrected chi connectivity index (χ2v) is 4.83. The summed E-state index contributed by atoms with van der Waals surface area (Å²) in [5, 5.41) is 9.72. The first kappa shape index (κ1) is 15.7. The van der Waals surface area contributed by atoms with E-state index in [9.17, 15) is 18.7 Å².